The van der Waals surface area contributed by atoms with E-state index in [1.807, 2.05) is 55.7 Å². The topological polar surface area (TPSA) is 108 Å². The number of ether oxygens (including phenoxy) is 1. The molecule has 8 heteroatoms. The van der Waals surface area contributed by atoms with E-state index < -0.39 is 11.7 Å². The molecular weight excluding hydrogens is 416 g/mol. The van der Waals surface area contributed by atoms with Gasteiger partial charge in [-0.2, -0.15) is 0 Å². The van der Waals surface area contributed by atoms with E-state index in [2.05, 4.69) is 26.8 Å². The number of nitrogen functional groups attached to an aromatic ring is 1. The predicted molar refractivity (Wildman–Crippen MR) is 129 cm³/mol. The molecule has 4 heterocycles. The summed E-state index contributed by atoms with van der Waals surface area (Å²) in [5.41, 5.74) is 10.1. The Kier molecular flexibility index (Phi) is 4.53. The van der Waals surface area contributed by atoms with Crippen molar-refractivity contribution in [2.45, 2.75) is 45.4 Å². The molecule has 168 valence electrons. The summed E-state index contributed by atoms with van der Waals surface area (Å²) < 4.78 is 16.1. The number of nitrogens with zero attached hydrogens (tertiary/aromatic N) is 4. The molecule has 4 aromatic rings. The summed E-state index contributed by atoms with van der Waals surface area (Å²) in [6.07, 6.45) is 1.60. The minimum Gasteiger partial charge on any atom is -0.444 e. The van der Waals surface area contributed by atoms with Crippen LogP contribution >= 0.6 is 0 Å². The first-order valence-corrected chi connectivity index (χ1v) is 10.8. The average Bonchev–Trinajstić information content (AvgIpc) is 3.08. The van der Waals surface area contributed by atoms with Crippen molar-refractivity contribution in [2.75, 3.05) is 5.73 Å². The number of hydrogen-bond donors (Lipinski definition) is 2. The van der Waals surface area contributed by atoms with Gasteiger partial charge < -0.3 is 20.4 Å². The highest BCUT2D eigenvalue weighted by Gasteiger charge is 2.31. The fourth-order valence-corrected chi connectivity index (χ4v) is 4.40. The van der Waals surface area contributed by atoms with E-state index in [1.54, 1.807) is 0 Å². The van der Waals surface area contributed by atoms with Crippen LogP contribution in [0.2, 0.25) is 0 Å². The number of nitrogens with two attached hydrogens (primary N) is 1. The Morgan fingerprint density at radius 3 is 2.88 bits per heavy atom. The van der Waals surface area contributed by atoms with Gasteiger partial charge in [0.1, 0.15) is 23.4 Å². The van der Waals surface area contributed by atoms with E-state index in [4.69, 9.17) is 11.8 Å². The molecule has 3 N–H and O–H groups in total. The molecule has 0 bridgehead atoms. The van der Waals surface area contributed by atoms with Gasteiger partial charge in [0.15, 0.2) is 0 Å². The van der Waals surface area contributed by atoms with Gasteiger partial charge in [0, 0.05) is 29.2 Å². The lowest BCUT2D eigenvalue weighted by atomic mass is 9.94. The summed E-state index contributed by atoms with van der Waals surface area (Å²) in [5, 5.41) is 4.52. The predicted octanol–water partition coefficient (Wildman–Crippen LogP) is 4.54. The van der Waals surface area contributed by atoms with Crippen molar-refractivity contribution < 1.29 is 10.9 Å². The monoisotopic (exact) mass is 443 g/mol. The van der Waals surface area contributed by atoms with Crippen molar-refractivity contribution >= 4 is 39.4 Å². The quantitative estimate of drug-likeness (QED) is 0.471. The number of pyridine rings is 1. The van der Waals surface area contributed by atoms with E-state index in [1.165, 1.54) is 6.33 Å². The zero-order valence-corrected chi connectivity index (χ0v) is 18.8. The fourth-order valence-electron chi connectivity index (χ4n) is 4.40. The van der Waals surface area contributed by atoms with Gasteiger partial charge in [-0.05, 0) is 44.9 Å². The fraction of sp³-hybridized carbons (Fsp3) is 0.280. The molecule has 1 aliphatic heterocycles. The Morgan fingerprint density at radius 2 is 2.09 bits per heavy atom. The lowest BCUT2D eigenvalue weighted by Crippen LogP contribution is -2.43. The van der Waals surface area contributed by atoms with Crippen molar-refractivity contribution in [1.82, 2.24) is 24.8 Å². The summed E-state index contributed by atoms with van der Waals surface area (Å²) in [6, 6.07) is 9.40. The SMILES string of the molecule is [2H]c1nc2ccccc2cc1-c1c2n(c3ncnc(N)c13)C[C@@H](NC(=O)OC(C)(C)C)CC2=C. The zero-order valence-electron chi connectivity index (χ0n) is 19.8. The standard InChI is InChI=1S/C25H26N6O2/c1-14-9-17(30-24(32)33-25(2,3)4)12-31-21(14)19(20-22(26)28-13-29-23(20)31)16-10-15-7-5-6-8-18(15)27-11-16/h5-8,10-11,13,17H,1,9,12H2,2-4H3,(H,30,32)(H2,26,28,29)/t17-/m0/s1/i11D. The molecule has 33 heavy (non-hydrogen) atoms. The Hall–Kier alpha value is -3.94. The Bertz CT molecular complexity index is 1470. The number of amides is 1. The van der Waals surface area contributed by atoms with Crippen molar-refractivity contribution in [3.05, 3.63) is 55.1 Å². The van der Waals surface area contributed by atoms with Crippen molar-refractivity contribution in [3.8, 4) is 11.1 Å². The van der Waals surface area contributed by atoms with E-state index >= 15 is 0 Å². The maximum Gasteiger partial charge on any atom is 0.407 e. The van der Waals surface area contributed by atoms with Crippen LogP contribution in [0.1, 0.15) is 34.3 Å². The summed E-state index contributed by atoms with van der Waals surface area (Å²) >= 11 is 0. The molecule has 0 aliphatic carbocycles. The van der Waals surface area contributed by atoms with Crippen molar-refractivity contribution in [2.24, 2.45) is 0 Å². The van der Waals surface area contributed by atoms with Crippen molar-refractivity contribution in [3.63, 3.8) is 0 Å². The van der Waals surface area contributed by atoms with Crippen LogP contribution in [-0.4, -0.2) is 37.3 Å². The van der Waals surface area contributed by atoms with Gasteiger partial charge >= 0.3 is 6.09 Å². The number of alkyl carbamates (subject to hydrolysis) is 1. The first-order valence-electron chi connectivity index (χ1n) is 11.3. The zero-order chi connectivity index (χ0) is 24.2. The average molecular weight is 444 g/mol. The van der Waals surface area contributed by atoms with Gasteiger partial charge in [-0.1, -0.05) is 24.8 Å². The summed E-state index contributed by atoms with van der Waals surface area (Å²) in [5.74, 6) is 0.318. The van der Waals surface area contributed by atoms with Gasteiger partial charge in [0.2, 0.25) is 0 Å². The second kappa shape index (κ2) is 7.58. The summed E-state index contributed by atoms with van der Waals surface area (Å²) in [4.78, 5) is 25.6. The number of fused-ring (bicyclic) bond motifs is 4. The van der Waals surface area contributed by atoms with Gasteiger partial charge in [-0.15, -0.1) is 0 Å². The molecule has 0 saturated heterocycles. The molecule has 0 fully saturated rings. The van der Waals surface area contributed by atoms with E-state index in [-0.39, 0.29) is 12.2 Å². The highest BCUT2D eigenvalue weighted by molar-refractivity contribution is 6.06. The van der Waals surface area contributed by atoms with Crippen LogP contribution in [0.25, 0.3) is 38.6 Å². The second-order valence-corrected chi connectivity index (χ2v) is 9.28. The number of para-hydroxylation sites is 1. The van der Waals surface area contributed by atoms with Crippen LogP contribution in [0.5, 0.6) is 0 Å². The van der Waals surface area contributed by atoms with Gasteiger partial charge in [-0.3, -0.25) is 4.98 Å². The highest BCUT2D eigenvalue weighted by atomic mass is 16.6. The third-order valence-corrected chi connectivity index (χ3v) is 5.62. The smallest absolute Gasteiger partial charge is 0.407 e. The molecule has 1 atom stereocenters. The molecule has 0 spiro atoms. The Morgan fingerprint density at radius 1 is 1.30 bits per heavy atom. The number of nitrogens with one attached hydrogen (secondary N) is 1. The van der Waals surface area contributed by atoms with E-state index in [9.17, 15) is 4.79 Å². The lowest BCUT2D eigenvalue weighted by Gasteiger charge is -2.29. The summed E-state index contributed by atoms with van der Waals surface area (Å²) in [7, 11) is 0. The van der Waals surface area contributed by atoms with E-state index in [0.29, 0.717) is 35.4 Å². The largest absolute Gasteiger partial charge is 0.444 e. The maximum absolute atomic E-state index is 12.4. The van der Waals surface area contributed by atoms with Crippen LogP contribution in [0.3, 0.4) is 0 Å². The van der Waals surface area contributed by atoms with Gasteiger partial charge in [0.25, 0.3) is 0 Å². The van der Waals surface area contributed by atoms with Gasteiger partial charge in [-0.25, -0.2) is 14.8 Å². The molecule has 1 aliphatic rings. The molecule has 8 nitrogen and oxygen atoms in total. The van der Waals surface area contributed by atoms with Gasteiger partial charge in [0.05, 0.1) is 24.0 Å². The minimum absolute atomic E-state index is 0.138. The third kappa shape index (κ3) is 3.77. The first kappa shape index (κ1) is 19.7. The third-order valence-electron chi connectivity index (χ3n) is 5.62. The minimum atomic E-state index is -0.594. The second-order valence-electron chi connectivity index (χ2n) is 9.28. The van der Waals surface area contributed by atoms with Crippen molar-refractivity contribution in [1.29, 1.82) is 0 Å². The van der Waals surface area contributed by atoms with Crippen LogP contribution in [0, 0.1) is 0 Å². The van der Waals surface area contributed by atoms with E-state index in [0.717, 1.165) is 27.7 Å². The number of carbonyl (C=O) groups excluding carboxylic acids is 1. The summed E-state index contributed by atoms with van der Waals surface area (Å²) in [6.45, 7) is 10.2. The Labute approximate surface area is 192 Å². The molecule has 1 amide bonds. The molecule has 0 radical (unpaired) electrons. The maximum atomic E-state index is 12.4. The van der Waals surface area contributed by atoms with Crippen LogP contribution < -0.4 is 11.1 Å². The highest BCUT2D eigenvalue weighted by Crippen LogP contribution is 2.43. The number of carbonyl (C=O) groups is 1. The number of anilines is 1. The molecule has 5 rings (SSSR count). The molecule has 3 aromatic heterocycles. The van der Waals surface area contributed by atoms with Crippen LogP contribution in [0.4, 0.5) is 10.6 Å². The number of aromatic nitrogens is 4. The Balaban J connectivity index is 1.66. The molecule has 0 saturated carbocycles. The molecule has 0 unspecified atom stereocenters. The van der Waals surface area contributed by atoms with Crippen LogP contribution in [-0.2, 0) is 11.3 Å². The number of hydrogen-bond acceptors (Lipinski definition) is 6. The normalized spacial score (nSPS) is 16.5. The number of rotatable bonds is 2. The molecule has 1 aromatic carbocycles. The first-order chi connectivity index (χ1) is 16.1. The number of benzene rings is 1. The molecular formula is C25H26N6O2. The lowest BCUT2D eigenvalue weighted by molar-refractivity contribution is 0.0499. The van der Waals surface area contributed by atoms with Crippen LogP contribution in [0.15, 0.2) is 49.4 Å².